The summed E-state index contributed by atoms with van der Waals surface area (Å²) in [5.74, 6) is 1.49. The van der Waals surface area contributed by atoms with Gasteiger partial charge in [0.15, 0.2) is 11.5 Å². The van der Waals surface area contributed by atoms with E-state index in [2.05, 4.69) is 13.0 Å². The van der Waals surface area contributed by atoms with E-state index in [9.17, 15) is 0 Å². The number of hydrogen-bond acceptors (Lipinski definition) is 4. The lowest BCUT2D eigenvalue weighted by Gasteiger charge is -2.13. The van der Waals surface area contributed by atoms with Crippen molar-refractivity contribution >= 4 is 0 Å². The highest BCUT2D eigenvalue weighted by atomic mass is 16.5. The quantitative estimate of drug-likeness (QED) is 0.704. The molecule has 0 spiro atoms. The summed E-state index contributed by atoms with van der Waals surface area (Å²) in [6, 6.07) is 8.25. The van der Waals surface area contributed by atoms with Gasteiger partial charge in [0.1, 0.15) is 0 Å². The molecule has 4 heteroatoms. The average molecular weight is 276 g/mol. The van der Waals surface area contributed by atoms with Crippen molar-refractivity contribution < 1.29 is 9.47 Å². The first-order valence-corrected chi connectivity index (χ1v) is 7.13. The van der Waals surface area contributed by atoms with Crippen LogP contribution in [0.5, 0.6) is 11.5 Å². The molecule has 1 aromatic rings. The third-order valence-electron chi connectivity index (χ3n) is 3.19. The van der Waals surface area contributed by atoms with Crippen LogP contribution in [0.1, 0.15) is 38.2 Å². The van der Waals surface area contributed by atoms with E-state index in [1.165, 1.54) is 0 Å². The molecule has 0 amide bonds. The molecule has 20 heavy (non-hydrogen) atoms. The molecule has 110 valence electrons. The summed E-state index contributed by atoms with van der Waals surface area (Å²) >= 11 is 0. The highest BCUT2D eigenvalue weighted by Gasteiger charge is 2.08. The predicted molar refractivity (Wildman–Crippen MR) is 79.9 cm³/mol. The number of methoxy groups -OCH3 is 1. The summed E-state index contributed by atoms with van der Waals surface area (Å²) in [6.07, 6.45) is 4.12. The number of nitrogens with two attached hydrogens (primary N) is 1. The normalized spacial score (nSPS) is 11.7. The van der Waals surface area contributed by atoms with Gasteiger partial charge in [0.05, 0.1) is 19.8 Å². The van der Waals surface area contributed by atoms with Gasteiger partial charge >= 0.3 is 0 Å². The van der Waals surface area contributed by atoms with Crippen molar-refractivity contribution in [3.63, 3.8) is 0 Å². The smallest absolute Gasteiger partial charge is 0.161 e. The Morgan fingerprint density at radius 2 is 2.10 bits per heavy atom. The van der Waals surface area contributed by atoms with Crippen LogP contribution in [-0.4, -0.2) is 19.8 Å². The third kappa shape index (κ3) is 5.50. The fourth-order valence-corrected chi connectivity index (χ4v) is 1.89. The van der Waals surface area contributed by atoms with Gasteiger partial charge in [-0.2, -0.15) is 5.26 Å². The second-order valence-corrected chi connectivity index (χ2v) is 4.82. The maximum absolute atomic E-state index is 8.47. The first-order chi connectivity index (χ1) is 9.71. The Morgan fingerprint density at radius 1 is 1.30 bits per heavy atom. The first-order valence-electron chi connectivity index (χ1n) is 7.13. The maximum atomic E-state index is 8.47. The van der Waals surface area contributed by atoms with E-state index in [4.69, 9.17) is 20.5 Å². The van der Waals surface area contributed by atoms with E-state index >= 15 is 0 Å². The zero-order valence-corrected chi connectivity index (χ0v) is 12.4. The minimum Gasteiger partial charge on any atom is -0.493 e. The Labute approximate surface area is 121 Å². The molecule has 2 N–H and O–H groups in total. The Kier molecular flexibility index (Phi) is 7.52. The van der Waals surface area contributed by atoms with Crippen LogP contribution in [0.2, 0.25) is 0 Å². The number of rotatable bonds is 9. The van der Waals surface area contributed by atoms with E-state index in [1.54, 1.807) is 7.11 Å². The van der Waals surface area contributed by atoms with Crippen LogP contribution in [0.15, 0.2) is 18.2 Å². The Balaban J connectivity index is 2.57. The zero-order chi connectivity index (χ0) is 14.8. The molecular formula is C16H24N2O2. The summed E-state index contributed by atoms with van der Waals surface area (Å²) in [4.78, 5) is 0. The molecule has 0 aliphatic rings. The van der Waals surface area contributed by atoms with Crippen LogP contribution in [0.25, 0.3) is 0 Å². The molecule has 0 bridgehead atoms. The number of ether oxygens (including phenoxy) is 2. The monoisotopic (exact) mass is 276 g/mol. The van der Waals surface area contributed by atoms with Crippen LogP contribution in [-0.2, 0) is 6.42 Å². The van der Waals surface area contributed by atoms with Crippen molar-refractivity contribution in [2.24, 2.45) is 5.73 Å². The summed E-state index contributed by atoms with van der Waals surface area (Å²) < 4.78 is 11.1. The highest BCUT2D eigenvalue weighted by Crippen LogP contribution is 2.28. The second-order valence-electron chi connectivity index (χ2n) is 4.82. The number of nitriles is 1. The number of unbranched alkanes of at least 4 members (excludes halogenated alkanes) is 2. The van der Waals surface area contributed by atoms with Crippen LogP contribution < -0.4 is 15.2 Å². The van der Waals surface area contributed by atoms with Gasteiger partial charge in [-0.25, -0.2) is 0 Å². The van der Waals surface area contributed by atoms with Crippen molar-refractivity contribution in [3.8, 4) is 17.6 Å². The van der Waals surface area contributed by atoms with Crippen molar-refractivity contribution in [1.82, 2.24) is 0 Å². The summed E-state index contributed by atoms with van der Waals surface area (Å²) in [5, 5.41) is 8.47. The molecule has 0 fully saturated rings. The van der Waals surface area contributed by atoms with Gasteiger partial charge in [-0.15, -0.1) is 0 Å². The summed E-state index contributed by atoms with van der Waals surface area (Å²) in [6.45, 7) is 2.69. The van der Waals surface area contributed by atoms with Crippen LogP contribution >= 0.6 is 0 Å². The lowest BCUT2D eigenvalue weighted by molar-refractivity contribution is 0.286. The number of nitrogens with zero attached hydrogens (tertiary/aromatic N) is 1. The molecule has 1 atom stereocenters. The molecule has 1 rings (SSSR count). The van der Waals surface area contributed by atoms with E-state index in [1.807, 2.05) is 18.2 Å². The van der Waals surface area contributed by atoms with Crippen molar-refractivity contribution in [2.45, 2.75) is 45.1 Å². The molecule has 0 heterocycles. The lowest BCUT2D eigenvalue weighted by atomic mass is 10.0. The Morgan fingerprint density at radius 3 is 2.75 bits per heavy atom. The predicted octanol–water partition coefficient (Wildman–Crippen LogP) is 3.05. The summed E-state index contributed by atoms with van der Waals surface area (Å²) in [5.41, 5.74) is 7.12. The SMILES string of the molecule is CCC(N)Cc1ccc(OCCCCC#N)c(OC)c1. The van der Waals surface area contributed by atoms with E-state index in [0.29, 0.717) is 13.0 Å². The van der Waals surface area contributed by atoms with Crippen molar-refractivity contribution in [1.29, 1.82) is 5.26 Å². The Hall–Kier alpha value is -1.73. The number of hydrogen-bond donors (Lipinski definition) is 1. The molecule has 0 saturated heterocycles. The van der Waals surface area contributed by atoms with Crippen molar-refractivity contribution in [2.75, 3.05) is 13.7 Å². The van der Waals surface area contributed by atoms with Gasteiger partial charge in [0.2, 0.25) is 0 Å². The van der Waals surface area contributed by atoms with Gasteiger partial charge in [-0.05, 0) is 43.4 Å². The van der Waals surface area contributed by atoms with E-state index in [0.717, 1.165) is 42.7 Å². The van der Waals surface area contributed by atoms with Gasteiger partial charge < -0.3 is 15.2 Å². The fourth-order valence-electron chi connectivity index (χ4n) is 1.89. The van der Waals surface area contributed by atoms with Crippen molar-refractivity contribution in [3.05, 3.63) is 23.8 Å². The van der Waals surface area contributed by atoms with E-state index < -0.39 is 0 Å². The molecule has 0 aliphatic heterocycles. The minimum atomic E-state index is 0.178. The molecule has 1 aromatic carbocycles. The molecule has 0 aliphatic carbocycles. The van der Waals surface area contributed by atoms with Crippen LogP contribution in [0.4, 0.5) is 0 Å². The summed E-state index contributed by atoms with van der Waals surface area (Å²) in [7, 11) is 1.64. The average Bonchev–Trinajstić information content (AvgIpc) is 2.47. The maximum Gasteiger partial charge on any atom is 0.161 e. The number of benzene rings is 1. The second kappa shape index (κ2) is 9.22. The van der Waals surface area contributed by atoms with Gasteiger partial charge in [0.25, 0.3) is 0 Å². The van der Waals surface area contributed by atoms with Gasteiger partial charge in [0, 0.05) is 12.5 Å². The Bertz CT molecular complexity index is 441. The minimum absolute atomic E-state index is 0.178. The lowest BCUT2D eigenvalue weighted by Crippen LogP contribution is -2.21. The fraction of sp³-hybridized carbons (Fsp3) is 0.562. The largest absolute Gasteiger partial charge is 0.493 e. The first kappa shape index (κ1) is 16.3. The molecule has 0 radical (unpaired) electrons. The van der Waals surface area contributed by atoms with Crippen LogP contribution in [0.3, 0.4) is 0 Å². The molecular weight excluding hydrogens is 252 g/mol. The molecule has 4 nitrogen and oxygen atoms in total. The highest BCUT2D eigenvalue weighted by molar-refractivity contribution is 5.43. The molecule has 1 unspecified atom stereocenters. The topological polar surface area (TPSA) is 68.3 Å². The van der Waals surface area contributed by atoms with E-state index in [-0.39, 0.29) is 6.04 Å². The molecule has 0 aromatic heterocycles. The van der Waals surface area contributed by atoms with Gasteiger partial charge in [-0.1, -0.05) is 13.0 Å². The zero-order valence-electron chi connectivity index (χ0n) is 12.4. The van der Waals surface area contributed by atoms with Gasteiger partial charge in [-0.3, -0.25) is 0 Å². The standard InChI is InChI=1S/C16H24N2O2/c1-3-14(18)11-13-7-8-15(16(12-13)19-2)20-10-6-4-5-9-17/h7-8,12,14H,3-6,10-11,18H2,1-2H3. The third-order valence-corrected chi connectivity index (χ3v) is 3.19. The van der Waals surface area contributed by atoms with Crippen LogP contribution in [0, 0.1) is 11.3 Å². The molecule has 0 saturated carbocycles.